The van der Waals surface area contributed by atoms with Gasteiger partial charge in [-0.2, -0.15) is 5.10 Å². The highest BCUT2D eigenvalue weighted by atomic mass is 79.9. The number of hydrazone groups is 1. The van der Waals surface area contributed by atoms with E-state index in [2.05, 4.69) is 21.2 Å². The van der Waals surface area contributed by atoms with Crippen molar-refractivity contribution in [1.29, 1.82) is 0 Å². The number of hydrogen-bond acceptors (Lipinski definition) is 5. The summed E-state index contributed by atoms with van der Waals surface area (Å²) in [5, 5.41) is 10.3. The Balaban J connectivity index is 1.55. The third-order valence-corrected chi connectivity index (χ3v) is 6.88. The summed E-state index contributed by atoms with van der Waals surface area (Å²) in [4.78, 5) is 13.5. The summed E-state index contributed by atoms with van der Waals surface area (Å²) < 4.78 is 12.6. The number of anilines is 1. The molecule has 0 bridgehead atoms. The van der Waals surface area contributed by atoms with Crippen molar-refractivity contribution in [3.8, 4) is 11.5 Å². The van der Waals surface area contributed by atoms with E-state index < -0.39 is 5.72 Å². The number of nitrogens with zero attached hydrogens (tertiary/aromatic N) is 2. The van der Waals surface area contributed by atoms with Gasteiger partial charge >= 0.3 is 5.72 Å². The van der Waals surface area contributed by atoms with Crippen LogP contribution in [0.25, 0.3) is 0 Å². The first-order chi connectivity index (χ1) is 15.5. The zero-order chi connectivity index (χ0) is 22.0. The van der Waals surface area contributed by atoms with Crippen molar-refractivity contribution in [2.75, 3.05) is 12.4 Å². The predicted molar refractivity (Wildman–Crippen MR) is 125 cm³/mol. The molecule has 3 aliphatic heterocycles. The number of amides is 1. The topological polar surface area (TPSA) is 63.2 Å². The second-order valence-corrected chi connectivity index (χ2v) is 9.26. The van der Waals surface area contributed by atoms with E-state index in [1.54, 1.807) is 18.2 Å². The number of ether oxygens (including phenoxy) is 2. The van der Waals surface area contributed by atoms with Crippen LogP contribution in [-0.4, -0.2) is 23.7 Å². The number of fused-ring (bicyclic) bond motifs is 6. The third-order valence-electron chi connectivity index (χ3n) is 6.15. The van der Waals surface area contributed by atoms with Crippen LogP contribution in [0.1, 0.15) is 29.2 Å². The minimum absolute atomic E-state index is 0.203. The smallest absolute Gasteiger partial charge is 0.306 e. The summed E-state index contributed by atoms with van der Waals surface area (Å²) in [6.07, 6.45) is 0.612. The van der Waals surface area contributed by atoms with Gasteiger partial charge in [-0.05, 0) is 66.2 Å². The summed E-state index contributed by atoms with van der Waals surface area (Å²) in [7, 11) is 1.64. The van der Waals surface area contributed by atoms with E-state index in [0.29, 0.717) is 22.9 Å². The van der Waals surface area contributed by atoms with Crippen LogP contribution >= 0.6 is 27.5 Å². The number of carbonyl (C=O) groups excluding carboxylic acids is 1. The summed E-state index contributed by atoms with van der Waals surface area (Å²) in [5.74, 6) is 1.14. The Morgan fingerprint density at radius 2 is 2.00 bits per heavy atom. The molecule has 160 valence electrons. The van der Waals surface area contributed by atoms with E-state index in [-0.39, 0.29) is 11.9 Å². The van der Waals surface area contributed by atoms with Crippen LogP contribution in [0.3, 0.4) is 0 Å². The van der Waals surface area contributed by atoms with Crippen molar-refractivity contribution in [3.63, 3.8) is 0 Å². The average Bonchev–Trinajstić information content (AvgIpc) is 3.36. The van der Waals surface area contributed by atoms with Crippen molar-refractivity contribution in [2.45, 2.75) is 18.2 Å². The van der Waals surface area contributed by atoms with Gasteiger partial charge in [-0.15, -0.1) is 0 Å². The molecule has 6 rings (SSSR count). The fourth-order valence-electron chi connectivity index (χ4n) is 4.64. The Kier molecular flexibility index (Phi) is 4.29. The maximum absolute atomic E-state index is 13.5. The number of hydrogen-bond donors (Lipinski definition) is 1. The second kappa shape index (κ2) is 6.98. The highest BCUT2D eigenvalue weighted by Gasteiger charge is 2.61. The first-order valence-corrected chi connectivity index (χ1v) is 11.3. The zero-order valence-electron chi connectivity index (χ0n) is 16.9. The van der Waals surface area contributed by atoms with Gasteiger partial charge < -0.3 is 14.8 Å². The molecule has 0 aromatic heterocycles. The van der Waals surface area contributed by atoms with Crippen LogP contribution in [0.5, 0.6) is 11.5 Å². The molecule has 0 aliphatic carbocycles. The van der Waals surface area contributed by atoms with E-state index in [4.69, 9.17) is 26.2 Å². The zero-order valence-corrected chi connectivity index (χ0v) is 19.3. The molecule has 1 amide bonds. The fraction of sp³-hybridized carbons (Fsp3) is 0.167. The maximum atomic E-state index is 13.5. The van der Waals surface area contributed by atoms with Crippen LogP contribution in [0, 0.1) is 0 Å². The SMILES string of the molecule is COc1ccc(C2=NN3C(C2)c2cc(Cl)ccc2OC32C(=O)Nc3ccc(Br)cc32)cc1. The molecule has 2 unspecified atom stereocenters. The fourth-order valence-corrected chi connectivity index (χ4v) is 5.18. The van der Waals surface area contributed by atoms with Crippen molar-refractivity contribution in [3.05, 3.63) is 86.8 Å². The third kappa shape index (κ3) is 2.71. The highest BCUT2D eigenvalue weighted by molar-refractivity contribution is 9.10. The molecule has 0 radical (unpaired) electrons. The predicted octanol–water partition coefficient (Wildman–Crippen LogP) is 5.46. The van der Waals surface area contributed by atoms with E-state index in [1.807, 2.05) is 54.6 Å². The van der Waals surface area contributed by atoms with Crippen molar-refractivity contribution >= 4 is 44.8 Å². The molecule has 1 spiro atoms. The van der Waals surface area contributed by atoms with E-state index in [9.17, 15) is 4.79 Å². The van der Waals surface area contributed by atoms with E-state index in [0.717, 1.165) is 32.6 Å². The monoisotopic (exact) mass is 509 g/mol. The van der Waals surface area contributed by atoms with Crippen LogP contribution in [-0.2, 0) is 10.5 Å². The number of nitrogens with one attached hydrogen (secondary N) is 1. The molecular formula is C24H17BrClN3O3. The number of benzene rings is 3. The van der Waals surface area contributed by atoms with Gasteiger partial charge in [0.15, 0.2) is 0 Å². The first-order valence-electron chi connectivity index (χ1n) is 10.1. The van der Waals surface area contributed by atoms with Crippen LogP contribution in [0.15, 0.2) is 70.2 Å². The van der Waals surface area contributed by atoms with E-state index >= 15 is 0 Å². The second-order valence-electron chi connectivity index (χ2n) is 7.91. The molecule has 8 heteroatoms. The van der Waals surface area contributed by atoms with Crippen LogP contribution in [0.2, 0.25) is 5.02 Å². The lowest BCUT2D eigenvalue weighted by molar-refractivity contribution is -0.161. The Hall–Kier alpha value is -3.03. The molecule has 0 fully saturated rings. The van der Waals surface area contributed by atoms with Gasteiger partial charge in [-0.3, -0.25) is 4.79 Å². The Labute approximate surface area is 197 Å². The lowest BCUT2D eigenvalue weighted by Gasteiger charge is -2.44. The summed E-state index contributed by atoms with van der Waals surface area (Å²) >= 11 is 9.86. The summed E-state index contributed by atoms with van der Waals surface area (Å²) in [6, 6.07) is 18.7. The number of carbonyl (C=O) groups is 1. The number of rotatable bonds is 2. The van der Waals surface area contributed by atoms with Gasteiger partial charge in [-0.25, -0.2) is 5.01 Å². The number of halogens is 2. The minimum Gasteiger partial charge on any atom is -0.497 e. The number of methoxy groups -OCH3 is 1. The lowest BCUT2D eigenvalue weighted by atomic mass is 9.92. The van der Waals surface area contributed by atoms with Gasteiger partial charge in [0.2, 0.25) is 0 Å². The van der Waals surface area contributed by atoms with Crippen LogP contribution < -0.4 is 14.8 Å². The van der Waals surface area contributed by atoms with Crippen molar-refractivity contribution in [2.24, 2.45) is 5.10 Å². The van der Waals surface area contributed by atoms with E-state index in [1.165, 1.54) is 0 Å². The van der Waals surface area contributed by atoms with Gasteiger partial charge in [0.25, 0.3) is 5.91 Å². The summed E-state index contributed by atoms with van der Waals surface area (Å²) in [6.45, 7) is 0. The Morgan fingerprint density at radius 3 is 2.78 bits per heavy atom. The maximum Gasteiger partial charge on any atom is 0.306 e. The van der Waals surface area contributed by atoms with Crippen LogP contribution in [0.4, 0.5) is 5.69 Å². The molecule has 32 heavy (non-hydrogen) atoms. The molecule has 3 heterocycles. The molecular weight excluding hydrogens is 494 g/mol. The minimum atomic E-state index is -1.40. The normalized spacial score (nSPS) is 22.6. The molecule has 0 saturated carbocycles. The highest BCUT2D eigenvalue weighted by Crippen LogP contribution is 2.54. The Morgan fingerprint density at radius 1 is 1.19 bits per heavy atom. The van der Waals surface area contributed by atoms with Gasteiger partial charge in [-0.1, -0.05) is 27.5 Å². The largest absolute Gasteiger partial charge is 0.497 e. The summed E-state index contributed by atoms with van der Waals surface area (Å²) in [5.41, 5.74) is 2.77. The molecule has 2 atom stereocenters. The quantitative estimate of drug-likeness (QED) is 0.497. The first kappa shape index (κ1) is 19.6. The van der Waals surface area contributed by atoms with Gasteiger partial charge in [0.05, 0.1) is 30.1 Å². The molecule has 3 aromatic carbocycles. The molecule has 3 aliphatic rings. The lowest BCUT2D eigenvalue weighted by Crippen LogP contribution is -2.55. The molecule has 3 aromatic rings. The molecule has 0 saturated heterocycles. The average molecular weight is 511 g/mol. The van der Waals surface area contributed by atoms with Crippen molar-refractivity contribution < 1.29 is 14.3 Å². The van der Waals surface area contributed by atoms with Gasteiger partial charge in [0.1, 0.15) is 11.5 Å². The molecule has 6 nitrogen and oxygen atoms in total. The van der Waals surface area contributed by atoms with Gasteiger partial charge in [0, 0.05) is 21.5 Å². The standard InChI is InChI=1S/C24H17BrClN3O3/c1-31-16-6-2-13(3-7-16)20-12-21-17-11-15(26)5-9-22(17)32-24(29(21)28-20)18-10-14(25)4-8-19(18)27-23(24)30/h2-11,21H,12H2,1H3,(H,27,30). The Bertz CT molecular complexity index is 1310. The molecule has 1 N–H and O–H groups in total. The van der Waals surface area contributed by atoms with Crippen molar-refractivity contribution in [1.82, 2.24) is 5.01 Å².